The zero-order valence-electron chi connectivity index (χ0n) is 12.3. The number of aryl methyl sites for hydroxylation is 1. The van der Waals surface area contributed by atoms with E-state index < -0.39 is 0 Å². The van der Waals surface area contributed by atoms with Gasteiger partial charge < -0.3 is 5.32 Å². The molecule has 0 aromatic heterocycles. The van der Waals surface area contributed by atoms with Crippen molar-refractivity contribution in [1.82, 2.24) is 5.32 Å². The van der Waals surface area contributed by atoms with Gasteiger partial charge in [-0.3, -0.25) is 10.1 Å². The lowest BCUT2D eigenvalue weighted by atomic mass is 10.0. The van der Waals surface area contributed by atoms with E-state index >= 15 is 0 Å². The Balaban J connectivity index is 2.05. The lowest BCUT2D eigenvalue weighted by molar-refractivity contribution is -0.117. The Bertz CT molecular complexity index is 468. The van der Waals surface area contributed by atoms with Gasteiger partial charge in [0, 0.05) is 17.3 Å². The van der Waals surface area contributed by atoms with Crippen LogP contribution >= 0.6 is 0 Å². The Kier molecular flexibility index (Phi) is 4.25. The normalized spacial score (nSPS) is 19.4. The third-order valence-corrected chi connectivity index (χ3v) is 3.67. The Morgan fingerprint density at radius 3 is 2.68 bits per heavy atom. The molecule has 3 nitrogen and oxygen atoms in total. The standard InChI is InChI=1S/C16H24N2O/c1-10(2)5-7-12(4)17-15-13-9-11(3)6-8-14(13)18-16(15)19/h6,8-10,12,15,17H,5,7H2,1-4H3,(H,18,19). The van der Waals surface area contributed by atoms with Crippen LogP contribution in [0, 0.1) is 12.8 Å². The third kappa shape index (κ3) is 3.35. The van der Waals surface area contributed by atoms with Crippen LogP contribution in [0.2, 0.25) is 0 Å². The minimum atomic E-state index is -0.197. The SMILES string of the molecule is Cc1ccc2c(c1)C(NC(C)CCC(C)C)C(=O)N2. The lowest BCUT2D eigenvalue weighted by Crippen LogP contribution is -2.34. The third-order valence-electron chi connectivity index (χ3n) is 3.67. The van der Waals surface area contributed by atoms with E-state index in [9.17, 15) is 4.79 Å². The van der Waals surface area contributed by atoms with E-state index in [0.29, 0.717) is 12.0 Å². The molecule has 1 aliphatic heterocycles. The maximum atomic E-state index is 12.0. The van der Waals surface area contributed by atoms with E-state index in [-0.39, 0.29) is 11.9 Å². The van der Waals surface area contributed by atoms with Crippen molar-refractivity contribution in [1.29, 1.82) is 0 Å². The summed E-state index contributed by atoms with van der Waals surface area (Å²) in [5, 5.41) is 6.40. The monoisotopic (exact) mass is 260 g/mol. The molecule has 1 aromatic rings. The zero-order valence-corrected chi connectivity index (χ0v) is 12.3. The van der Waals surface area contributed by atoms with Crippen LogP contribution in [0.5, 0.6) is 0 Å². The maximum Gasteiger partial charge on any atom is 0.246 e. The Morgan fingerprint density at radius 2 is 2.00 bits per heavy atom. The van der Waals surface area contributed by atoms with Crippen LogP contribution in [0.15, 0.2) is 18.2 Å². The number of amides is 1. The fraction of sp³-hybridized carbons (Fsp3) is 0.562. The lowest BCUT2D eigenvalue weighted by Gasteiger charge is -2.19. The molecule has 1 aromatic carbocycles. The predicted molar refractivity (Wildman–Crippen MR) is 79.2 cm³/mol. The van der Waals surface area contributed by atoms with Crippen molar-refractivity contribution in [3.63, 3.8) is 0 Å². The van der Waals surface area contributed by atoms with Gasteiger partial charge in [-0.2, -0.15) is 0 Å². The van der Waals surface area contributed by atoms with Gasteiger partial charge in [0.05, 0.1) is 0 Å². The number of hydrogen-bond donors (Lipinski definition) is 2. The topological polar surface area (TPSA) is 41.1 Å². The van der Waals surface area contributed by atoms with Gasteiger partial charge in [0.25, 0.3) is 0 Å². The molecule has 2 atom stereocenters. The molecule has 0 spiro atoms. The molecule has 1 heterocycles. The first-order chi connectivity index (χ1) is 8.97. The molecule has 0 fully saturated rings. The van der Waals surface area contributed by atoms with E-state index in [1.165, 1.54) is 12.0 Å². The molecule has 0 saturated heterocycles. The fourth-order valence-electron chi connectivity index (χ4n) is 2.50. The highest BCUT2D eigenvalue weighted by Gasteiger charge is 2.31. The molecule has 2 rings (SSSR count). The van der Waals surface area contributed by atoms with E-state index in [1.807, 2.05) is 12.1 Å². The molecule has 0 aliphatic carbocycles. The summed E-state index contributed by atoms with van der Waals surface area (Å²) in [4.78, 5) is 12.0. The minimum Gasteiger partial charge on any atom is -0.324 e. The van der Waals surface area contributed by atoms with Gasteiger partial charge in [-0.25, -0.2) is 0 Å². The van der Waals surface area contributed by atoms with Crippen LogP contribution in [0.4, 0.5) is 5.69 Å². The number of carbonyl (C=O) groups is 1. The molecule has 3 heteroatoms. The van der Waals surface area contributed by atoms with Crippen LogP contribution < -0.4 is 10.6 Å². The second kappa shape index (κ2) is 5.74. The number of hydrogen-bond acceptors (Lipinski definition) is 2. The molecule has 1 amide bonds. The van der Waals surface area contributed by atoms with Gasteiger partial charge in [-0.15, -0.1) is 0 Å². The highest BCUT2D eigenvalue weighted by Crippen LogP contribution is 2.31. The summed E-state index contributed by atoms with van der Waals surface area (Å²) < 4.78 is 0. The van der Waals surface area contributed by atoms with Gasteiger partial charge in [0.15, 0.2) is 0 Å². The first kappa shape index (κ1) is 14.1. The van der Waals surface area contributed by atoms with Gasteiger partial charge in [0.2, 0.25) is 5.91 Å². The molecular formula is C16H24N2O. The highest BCUT2D eigenvalue weighted by molar-refractivity contribution is 6.02. The quantitative estimate of drug-likeness (QED) is 0.852. The molecule has 2 unspecified atom stereocenters. The number of fused-ring (bicyclic) bond motifs is 1. The minimum absolute atomic E-state index is 0.0667. The Hall–Kier alpha value is -1.35. The molecule has 104 valence electrons. The Labute approximate surface area is 115 Å². The molecule has 0 radical (unpaired) electrons. The van der Waals surface area contributed by atoms with Crippen LogP contribution in [0.1, 0.15) is 50.8 Å². The van der Waals surface area contributed by atoms with E-state index in [2.05, 4.69) is 44.4 Å². The van der Waals surface area contributed by atoms with Crippen molar-refractivity contribution in [2.75, 3.05) is 5.32 Å². The maximum absolute atomic E-state index is 12.0. The summed E-state index contributed by atoms with van der Waals surface area (Å²) in [5.41, 5.74) is 3.22. The van der Waals surface area contributed by atoms with Crippen LogP contribution in [0.3, 0.4) is 0 Å². The summed E-state index contributed by atoms with van der Waals surface area (Å²) in [6.45, 7) is 8.67. The van der Waals surface area contributed by atoms with Crippen molar-refractivity contribution < 1.29 is 4.79 Å². The number of anilines is 1. The summed E-state index contributed by atoms with van der Waals surface area (Å²) in [7, 11) is 0. The smallest absolute Gasteiger partial charge is 0.246 e. The fourth-order valence-corrected chi connectivity index (χ4v) is 2.50. The molecular weight excluding hydrogens is 236 g/mol. The Morgan fingerprint density at radius 1 is 1.26 bits per heavy atom. The van der Waals surface area contributed by atoms with Crippen LogP contribution in [-0.2, 0) is 4.79 Å². The van der Waals surface area contributed by atoms with Crippen LogP contribution in [-0.4, -0.2) is 11.9 Å². The zero-order chi connectivity index (χ0) is 14.0. The number of carbonyl (C=O) groups excluding carboxylic acids is 1. The highest BCUT2D eigenvalue weighted by atomic mass is 16.2. The second-order valence-electron chi connectivity index (χ2n) is 6.05. The van der Waals surface area contributed by atoms with E-state index in [4.69, 9.17) is 0 Å². The van der Waals surface area contributed by atoms with Crippen LogP contribution in [0.25, 0.3) is 0 Å². The van der Waals surface area contributed by atoms with Crippen molar-refractivity contribution in [2.24, 2.45) is 5.92 Å². The molecule has 0 bridgehead atoms. The average molecular weight is 260 g/mol. The first-order valence-corrected chi connectivity index (χ1v) is 7.15. The van der Waals surface area contributed by atoms with Gasteiger partial charge in [-0.05, 0) is 38.7 Å². The van der Waals surface area contributed by atoms with E-state index in [0.717, 1.165) is 17.7 Å². The van der Waals surface area contributed by atoms with Gasteiger partial charge >= 0.3 is 0 Å². The summed E-state index contributed by atoms with van der Waals surface area (Å²) >= 11 is 0. The molecule has 2 N–H and O–H groups in total. The van der Waals surface area contributed by atoms with Crippen molar-refractivity contribution in [2.45, 2.75) is 52.6 Å². The summed E-state index contributed by atoms with van der Waals surface area (Å²) in [6, 6.07) is 6.27. The van der Waals surface area contributed by atoms with Gasteiger partial charge in [0.1, 0.15) is 6.04 Å². The molecule has 1 aliphatic rings. The molecule has 0 saturated carbocycles. The van der Waals surface area contributed by atoms with Crippen molar-refractivity contribution >= 4 is 11.6 Å². The largest absolute Gasteiger partial charge is 0.324 e. The van der Waals surface area contributed by atoms with Crippen molar-refractivity contribution in [3.8, 4) is 0 Å². The van der Waals surface area contributed by atoms with Gasteiger partial charge in [-0.1, -0.05) is 31.5 Å². The predicted octanol–water partition coefficient (Wildman–Crippen LogP) is 3.40. The molecule has 19 heavy (non-hydrogen) atoms. The van der Waals surface area contributed by atoms with E-state index in [1.54, 1.807) is 0 Å². The number of rotatable bonds is 5. The summed E-state index contributed by atoms with van der Waals surface area (Å²) in [6.07, 6.45) is 2.28. The second-order valence-corrected chi connectivity index (χ2v) is 6.05. The first-order valence-electron chi connectivity index (χ1n) is 7.15. The number of nitrogens with one attached hydrogen (secondary N) is 2. The number of benzene rings is 1. The average Bonchev–Trinajstić information content (AvgIpc) is 2.63. The van der Waals surface area contributed by atoms with Crippen molar-refractivity contribution in [3.05, 3.63) is 29.3 Å². The summed E-state index contributed by atoms with van der Waals surface area (Å²) in [5.74, 6) is 0.771.